The van der Waals surface area contributed by atoms with Gasteiger partial charge in [-0.25, -0.2) is 14.6 Å². The second-order valence-electron chi connectivity index (χ2n) is 4.84. The van der Waals surface area contributed by atoms with Crippen LogP contribution in [0.1, 0.15) is 17.1 Å². The summed E-state index contributed by atoms with van der Waals surface area (Å²) in [5, 5.41) is 14.0. The van der Waals surface area contributed by atoms with Crippen LogP contribution in [0.5, 0.6) is 0 Å². The van der Waals surface area contributed by atoms with Crippen molar-refractivity contribution < 1.29 is 0 Å². The summed E-state index contributed by atoms with van der Waals surface area (Å²) in [4.78, 5) is 8.65. The van der Waals surface area contributed by atoms with Gasteiger partial charge in [-0.05, 0) is 25.1 Å². The first-order valence-electron chi connectivity index (χ1n) is 6.35. The summed E-state index contributed by atoms with van der Waals surface area (Å²) < 4.78 is 3.71. The predicted octanol–water partition coefficient (Wildman–Crippen LogP) is 2.33. The minimum absolute atomic E-state index is 0.450. The Morgan fingerprint density at radius 2 is 2.24 bits per heavy atom. The highest BCUT2D eigenvalue weighted by Gasteiger charge is 2.24. The maximum atomic E-state index is 9.13. The van der Waals surface area contributed by atoms with Crippen LogP contribution >= 0.6 is 11.6 Å². The summed E-state index contributed by atoms with van der Waals surface area (Å²) >= 11 is 6.18. The van der Waals surface area contributed by atoms with Gasteiger partial charge >= 0.3 is 0 Å². The van der Waals surface area contributed by atoms with Crippen LogP contribution in [0.25, 0.3) is 17.1 Å². The van der Waals surface area contributed by atoms with E-state index in [-0.39, 0.29) is 0 Å². The van der Waals surface area contributed by atoms with Crippen molar-refractivity contribution in [3.8, 4) is 23.1 Å². The molecule has 4 rings (SSSR count). The number of halogens is 1. The highest BCUT2D eigenvalue weighted by Crippen LogP contribution is 2.33. The van der Waals surface area contributed by atoms with Crippen LogP contribution in [-0.4, -0.2) is 24.3 Å². The zero-order valence-electron chi connectivity index (χ0n) is 11.1. The van der Waals surface area contributed by atoms with Crippen molar-refractivity contribution in [1.82, 2.24) is 24.3 Å². The molecule has 7 heteroatoms. The molecule has 0 unspecified atom stereocenters. The molecule has 2 aromatic heterocycles. The van der Waals surface area contributed by atoms with Crippen molar-refractivity contribution in [3.63, 3.8) is 0 Å². The van der Waals surface area contributed by atoms with Gasteiger partial charge in [-0.1, -0.05) is 11.6 Å². The first-order valence-corrected chi connectivity index (χ1v) is 6.73. The summed E-state index contributed by atoms with van der Waals surface area (Å²) in [6, 6.07) is 7.63. The number of benzene rings is 1. The van der Waals surface area contributed by atoms with Crippen LogP contribution in [0.15, 0.2) is 24.5 Å². The molecule has 0 aliphatic carbocycles. The molecule has 6 nitrogen and oxygen atoms in total. The van der Waals surface area contributed by atoms with E-state index in [9.17, 15) is 0 Å². The number of aromatic nitrogens is 5. The van der Waals surface area contributed by atoms with E-state index in [0.717, 1.165) is 22.8 Å². The lowest BCUT2D eigenvalue weighted by Crippen LogP contribution is -2.04. The minimum atomic E-state index is 0.450. The second-order valence-corrected chi connectivity index (χ2v) is 5.19. The maximum absolute atomic E-state index is 9.13. The molecule has 3 heterocycles. The number of rotatable bonds is 0. The molecule has 1 aliphatic heterocycles. The topological polar surface area (TPSA) is 72.3 Å². The van der Waals surface area contributed by atoms with Gasteiger partial charge in [0.15, 0.2) is 11.0 Å². The van der Waals surface area contributed by atoms with Crippen molar-refractivity contribution in [2.75, 3.05) is 0 Å². The molecule has 0 atom stereocenters. The van der Waals surface area contributed by atoms with Gasteiger partial charge in [0.2, 0.25) is 0 Å². The molecule has 1 aliphatic rings. The quantitative estimate of drug-likeness (QED) is 0.499. The first kappa shape index (κ1) is 12.1. The van der Waals surface area contributed by atoms with Gasteiger partial charge in [0, 0.05) is 5.56 Å². The van der Waals surface area contributed by atoms with Crippen LogP contribution in [0.4, 0.5) is 0 Å². The van der Waals surface area contributed by atoms with E-state index in [1.807, 2.05) is 23.6 Å². The zero-order chi connectivity index (χ0) is 14.6. The number of hydrogen-bond acceptors (Lipinski definition) is 4. The number of hydrogen-bond donors (Lipinski definition) is 0. The number of aryl methyl sites for hydroxylation is 1. The number of nitrogens with zero attached hydrogens (tertiary/aromatic N) is 6. The van der Waals surface area contributed by atoms with E-state index in [0.29, 0.717) is 23.1 Å². The first-order chi connectivity index (χ1) is 10.2. The predicted molar refractivity (Wildman–Crippen MR) is 76.1 cm³/mol. The fourth-order valence-electron chi connectivity index (χ4n) is 2.60. The molecular formula is C14H9ClN6. The average molecular weight is 297 g/mol. The third-order valence-corrected chi connectivity index (χ3v) is 3.83. The Bertz CT molecular complexity index is 914. The summed E-state index contributed by atoms with van der Waals surface area (Å²) in [6.07, 6.45) is 1.68. The summed E-state index contributed by atoms with van der Waals surface area (Å²) in [7, 11) is 0. The number of fused-ring (bicyclic) bond motifs is 5. The Kier molecular flexibility index (Phi) is 2.41. The minimum Gasteiger partial charge on any atom is -0.299 e. The molecule has 0 saturated heterocycles. The molecule has 0 N–H and O–H groups in total. The Morgan fingerprint density at radius 3 is 3.05 bits per heavy atom. The van der Waals surface area contributed by atoms with Gasteiger partial charge in [0.1, 0.15) is 12.2 Å². The van der Waals surface area contributed by atoms with E-state index in [4.69, 9.17) is 16.9 Å². The Balaban J connectivity index is 2.11. The van der Waals surface area contributed by atoms with Crippen molar-refractivity contribution in [2.24, 2.45) is 0 Å². The lowest BCUT2D eigenvalue weighted by Gasteiger charge is -2.08. The van der Waals surface area contributed by atoms with E-state index in [1.165, 1.54) is 0 Å². The van der Waals surface area contributed by atoms with Crippen LogP contribution in [-0.2, 0) is 6.54 Å². The molecule has 0 amide bonds. The van der Waals surface area contributed by atoms with Gasteiger partial charge in [-0.3, -0.25) is 4.57 Å². The molecule has 0 radical (unpaired) electrons. The van der Waals surface area contributed by atoms with Gasteiger partial charge in [0.25, 0.3) is 0 Å². The van der Waals surface area contributed by atoms with Crippen molar-refractivity contribution in [1.29, 1.82) is 5.26 Å². The Labute approximate surface area is 125 Å². The Hall–Kier alpha value is -2.65. The fraction of sp³-hybridized carbons (Fsp3) is 0.143. The van der Waals surface area contributed by atoms with E-state index < -0.39 is 0 Å². The highest BCUT2D eigenvalue weighted by atomic mass is 35.5. The standard InChI is InChI=1S/C14H9ClN6/c1-8-18-14-10-4-9(5-16)2-3-11(10)20-7-17-13(15)12(20)6-21(14)19-8/h2-4,7H,6H2,1H3. The second kappa shape index (κ2) is 4.17. The molecular weight excluding hydrogens is 288 g/mol. The molecule has 0 spiro atoms. The summed E-state index contributed by atoms with van der Waals surface area (Å²) in [6.45, 7) is 2.33. The molecule has 0 fully saturated rings. The lowest BCUT2D eigenvalue weighted by molar-refractivity contribution is 0.671. The van der Waals surface area contributed by atoms with Crippen molar-refractivity contribution in [3.05, 3.63) is 46.8 Å². The molecule has 102 valence electrons. The van der Waals surface area contributed by atoms with Crippen molar-refractivity contribution >= 4 is 11.6 Å². The molecule has 21 heavy (non-hydrogen) atoms. The maximum Gasteiger partial charge on any atom is 0.160 e. The highest BCUT2D eigenvalue weighted by molar-refractivity contribution is 6.30. The monoisotopic (exact) mass is 296 g/mol. The summed E-state index contributed by atoms with van der Waals surface area (Å²) in [5.41, 5.74) is 3.18. The number of imidazole rings is 1. The fourth-order valence-corrected chi connectivity index (χ4v) is 2.80. The third-order valence-electron chi connectivity index (χ3n) is 3.52. The lowest BCUT2D eigenvalue weighted by atomic mass is 10.1. The third kappa shape index (κ3) is 1.68. The van der Waals surface area contributed by atoms with Crippen LogP contribution in [0.2, 0.25) is 5.15 Å². The van der Waals surface area contributed by atoms with Gasteiger partial charge in [-0.15, -0.1) is 0 Å². The average Bonchev–Trinajstić information content (AvgIpc) is 2.99. The van der Waals surface area contributed by atoms with E-state index >= 15 is 0 Å². The summed E-state index contributed by atoms with van der Waals surface area (Å²) in [5.74, 6) is 1.42. The SMILES string of the molecule is Cc1nc2n(n1)Cc1c(Cl)ncn1-c1ccc(C#N)cc1-2. The van der Waals surface area contributed by atoms with Gasteiger partial charge in [0.05, 0.1) is 29.6 Å². The van der Waals surface area contributed by atoms with E-state index in [1.54, 1.807) is 17.1 Å². The molecule has 0 saturated carbocycles. The van der Waals surface area contributed by atoms with Crippen LogP contribution in [0, 0.1) is 18.3 Å². The van der Waals surface area contributed by atoms with E-state index in [2.05, 4.69) is 21.1 Å². The zero-order valence-corrected chi connectivity index (χ0v) is 11.8. The van der Waals surface area contributed by atoms with Gasteiger partial charge < -0.3 is 0 Å². The van der Waals surface area contributed by atoms with Gasteiger partial charge in [-0.2, -0.15) is 10.4 Å². The molecule has 1 aromatic carbocycles. The largest absolute Gasteiger partial charge is 0.299 e. The number of nitriles is 1. The van der Waals surface area contributed by atoms with Crippen molar-refractivity contribution in [2.45, 2.75) is 13.5 Å². The normalized spacial score (nSPS) is 12.0. The van der Waals surface area contributed by atoms with Crippen LogP contribution in [0.3, 0.4) is 0 Å². The Morgan fingerprint density at radius 1 is 1.38 bits per heavy atom. The molecule has 0 bridgehead atoms. The van der Waals surface area contributed by atoms with Crippen LogP contribution < -0.4 is 0 Å². The smallest absolute Gasteiger partial charge is 0.160 e. The molecule has 3 aromatic rings.